The fraction of sp³-hybridized carbons (Fsp3) is 0.429. The van der Waals surface area contributed by atoms with Crippen LogP contribution < -0.4 is 21.3 Å². The average Bonchev–Trinajstić information content (AvgIpc) is 3.48. The molecule has 3 aromatic carbocycles. The Bertz CT molecular complexity index is 2900. The van der Waals surface area contributed by atoms with E-state index in [0.29, 0.717) is 71.2 Å². The number of amides is 2. The molecule has 4 heterocycles. The molecule has 0 spiro atoms. The molecule has 0 bridgehead atoms. The molecule has 2 amide bonds. The van der Waals surface area contributed by atoms with Crippen LogP contribution in [0, 0.1) is 5.92 Å². The maximum Gasteiger partial charge on any atom is 0.252 e. The van der Waals surface area contributed by atoms with Crippen LogP contribution in [0.2, 0.25) is 20.1 Å². The van der Waals surface area contributed by atoms with Gasteiger partial charge in [-0.2, -0.15) is 10.2 Å². The van der Waals surface area contributed by atoms with Gasteiger partial charge in [0.05, 0.1) is 65.2 Å². The van der Waals surface area contributed by atoms with Gasteiger partial charge in [0, 0.05) is 95.4 Å². The second-order valence-corrected chi connectivity index (χ2v) is 21.2. The zero-order valence-electron chi connectivity index (χ0n) is 43.6. The van der Waals surface area contributed by atoms with Gasteiger partial charge in [0.1, 0.15) is 11.6 Å². The third kappa shape index (κ3) is 16.4. The third-order valence-electron chi connectivity index (χ3n) is 13.7. The number of nitrogens with one attached hydrogen (secondary N) is 4. The molecule has 5 atom stereocenters. The van der Waals surface area contributed by atoms with Gasteiger partial charge in [-0.3, -0.25) is 9.59 Å². The number of fused-ring (bicyclic) bond motifs is 2. The summed E-state index contributed by atoms with van der Waals surface area (Å²) in [6.07, 6.45) is 6.90. The number of halogens is 4. The smallest absolute Gasteiger partial charge is 0.252 e. The Morgan fingerprint density at radius 3 is 1.77 bits per heavy atom. The van der Waals surface area contributed by atoms with E-state index in [1.54, 1.807) is 18.5 Å². The van der Waals surface area contributed by atoms with Gasteiger partial charge in [-0.1, -0.05) is 88.9 Å². The fourth-order valence-electron chi connectivity index (χ4n) is 9.89. The third-order valence-corrected chi connectivity index (χ3v) is 14.8. The number of carbonyl (C=O) groups is 2. The van der Waals surface area contributed by atoms with Crippen molar-refractivity contribution in [2.75, 3.05) is 117 Å². The van der Waals surface area contributed by atoms with Crippen molar-refractivity contribution < 1.29 is 38.7 Å². The minimum atomic E-state index is -1.97. The highest BCUT2D eigenvalue weighted by Gasteiger charge is 2.33. The standard InChI is InChI=1S/C56H66Cl4N10O8/c1-69-31-45(43-25-41(57)27-49(59)47(43)33-69)37-7-3-5-35(21-37)39-23-51(67-65-29-39)61-9-13-75-17-19-77-15-11-63-55(73)53(71)54(72)56(74)64-12-16-78-20-18-76-14-10-62-52-24-40(30-66-68-52)36-6-4-8-38(22-36)46-32-70(2)34-48-44(46)26-42(58)28-50(48)60/h3-8,21,23-30,38,45-46,53-54,71-72H,9-20,22,31-34H2,1-2H3,(H,61,67)(H,62,68)(H,63,73)(H,64,74)/t38?,45-,46-,53+,54+/m0/s1. The van der Waals surface area contributed by atoms with Crippen molar-refractivity contribution in [1.29, 1.82) is 0 Å². The highest BCUT2D eigenvalue weighted by Crippen LogP contribution is 2.44. The van der Waals surface area contributed by atoms with E-state index < -0.39 is 24.0 Å². The van der Waals surface area contributed by atoms with Crippen LogP contribution in [0.5, 0.6) is 0 Å². The van der Waals surface area contributed by atoms with Gasteiger partial charge in [0.2, 0.25) is 0 Å². The van der Waals surface area contributed by atoms with E-state index >= 15 is 0 Å². The molecule has 2 aromatic heterocycles. The van der Waals surface area contributed by atoms with Gasteiger partial charge in [0.25, 0.3) is 11.8 Å². The number of allylic oxidation sites excluding steroid dienone is 4. The van der Waals surface area contributed by atoms with Crippen LogP contribution in [0.4, 0.5) is 11.6 Å². The molecule has 2 aliphatic heterocycles. The first-order valence-corrected chi connectivity index (χ1v) is 27.5. The fourth-order valence-corrected chi connectivity index (χ4v) is 11.0. The van der Waals surface area contributed by atoms with Crippen molar-refractivity contribution in [2.24, 2.45) is 5.92 Å². The van der Waals surface area contributed by atoms with E-state index in [1.807, 2.05) is 36.4 Å². The normalized spacial score (nSPS) is 18.1. The number of carbonyl (C=O) groups excluding carboxylic acids is 2. The lowest BCUT2D eigenvalue weighted by Gasteiger charge is -2.37. The van der Waals surface area contributed by atoms with E-state index in [9.17, 15) is 19.8 Å². The highest BCUT2D eigenvalue weighted by atomic mass is 35.5. The number of benzene rings is 3. The summed E-state index contributed by atoms with van der Waals surface area (Å²) < 4.78 is 22.4. The van der Waals surface area contributed by atoms with Crippen molar-refractivity contribution >= 4 is 75.4 Å². The van der Waals surface area contributed by atoms with Crippen molar-refractivity contribution in [2.45, 2.75) is 43.6 Å². The molecule has 416 valence electrons. The Labute approximate surface area is 474 Å². The minimum Gasteiger partial charge on any atom is -0.380 e. The number of aliphatic hydroxyl groups is 2. The summed E-state index contributed by atoms with van der Waals surface area (Å²) in [5.41, 5.74) is 9.85. The summed E-state index contributed by atoms with van der Waals surface area (Å²) >= 11 is 26.1. The van der Waals surface area contributed by atoms with E-state index in [4.69, 9.17) is 65.4 Å². The average molecular weight is 1150 g/mol. The topological polar surface area (TPSA) is 218 Å². The molecule has 1 unspecified atom stereocenters. The first-order chi connectivity index (χ1) is 37.8. The van der Waals surface area contributed by atoms with E-state index in [2.05, 4.69) is 102 Å². The molecular formula is C56H66Cl4N10O8. The minimum absolute atomic E-state index is 0.0461. The van der Waals surface area contributed by atoms with E-state index in [-0.39, 0.29) is 57.3 Å². The van der Waals surface area contributed by atoms with Gasteiger partial charge in [-0.15, -0.1) is 10.2 Å². The lowest BCUT2D eigenvalue weighted by atomic mass is 9.75. The number of anilines is 2. The van der Waals surface area contributed by atoms with Gasteiger partial charge in [-0.25, -0.2) is 0 Å². The molecule has 78 heavy (non-hydrogen) atoms. The van der Waals surface area contributed by atoms with Gasteiger partial charge in [0.15, 0.2) is 12.2 Å². The highest BCUT2D eigenvalue weighted by molar-refractivity contribution is 6.35. The molecule has 1 aliphatic carbocycles. The number of aliphatic hydroxyl groups excluding tert-OH is 2. The first-order valence-electron chi connectivity index (χ1n) is 26.0. The predicted octanol–water partition coefficient (Wildman–Crippen LogP) is 6.86. The Kier molecular flexibility index (Phi) is 22.0. The van der Waals surface area contributed by atoms with Crippen LogP contribution >= 0.6 is 46.4 Å². The second kappa shape index (κ2) is 29.2. The molecular weight excluding hydrogens is 1080 g/mol. The van der Waals surface area contributed by atoms with Crippen LogP contribution in [-0.2, 0) is 41.6 Å². The number of rotatable bonds is 27. The summed E-state index contributed by atoms with van der Waals surface area (Å²) in [4.78, 5) is 29.4. The summed E-state index contributed by atoms with van der Waals surface area (Å²) in [5, 5.41) is 51.5. The van der Waals surface area contributed by atoms with Crippen LogP contribution in [0.1, 0.15) is 51.6 Å². The summed E-state index contributed by atoms with van der Waals surface area (Å²) in [6, 6.07) is 20.0. The molecule has 0 saturated heterocycles. The quantitative estimate of drug-likeness (QED) is 0.0296. The number of aromatic nitrogens is 4. The molecule has 0 fully saturated rings. The number of nitrogens with zero attached hydrogens (tertiary/aromatic N) is 6. The largest absolute Gasteiger partial charge is 0.380 e. The first kappa shape index (κ1) is 58.8. The van der Waals surface area contributed by atoms with Crippen molar-refractivity contribution in [3.63, 3.8) is 0 Å². The lowest BCUT2D eigenvalue weighted by molar-refractivity contribution is -0.146. The van der Waals surface area contributed by atoms with Gasteiger partial charge >= 0.3 is 0 Å². The Balaban J connectivity index is 0.626. The maximum atomic E-state index is 12.4. The number of ether oxygens (including phenoxy) is 4. The lowest BCUT2D eigenvalue weighted by Crippen LogP contribution is -2.50. The molecule has 0 radical (unpaired) electrons. The molecule has 22 heteroatoms. The number of hydrogen-bond acceptors (Lipinski definition) is 16. The van der Waals surface area contributed by atoms with Crippen LogP contribution in [0.15, 0.2) is 91.3 Å². The molecule has 5 aromatic rings. The molecule has 0 saturated carbocycles. The summed E-state index contributed by atoms with van der Waals surface area (Å²) in [5.74, 6) is 0.0379. The zero-order chi connectivity index (χ0) is 55.0. The zero-order valence-corrected chi connectivity index (χ0v) is 46.6. The van der Waals surface area contributed by atoms with E-state index in [0.717, 1.165) is 71.5 Å². The summed E-state index contributed by atoms with van der Waals surface area (Å²) in [6.45, 7) is 6.52. The van der Waals surface area contributed by atoms with Crippen LogP contribution in [0.3, 0.4) is 0 Å². The van der Waals surface area contributed by atoms with Crippen LogP contribution in [0.25, 0.3) is 16.7 Å². The molecule has 18 nitrogen and oxygen atoms in total. The molecule has 3 aliphatic rings. The van der Waals surface area contributed by atoms with Gasteiger partial charge in [-0.05, 0) is 102 Å². The summed E-state index contributed by atoms with van der Waals surface area (Å²) in [7, 11) is 4.21. The maximum absolute atomic E-state index is 12.4. The number of hydrogen-bond donors (Lipinski definition) is 6. The Morgan fingerprint density at radius 1 is 0.641 bits per heavy atom. The van der Waals surface area contributed by atoms with E-state index in [1.165, 1.54) is 11.1 Å². The Hall–Kier alpha value is -5.32. The predicted molar refractivity (Wildman–Crippen MR) is 303 cm³/mol. The second-order valence-electron chi connectivity index (χ2n) is 19.5. The monoisotopic (exact) mass is 1150 g/mol. The van der Waals surface area contributed by atoms with Crippen LogP contribution in [-0.4, -0.2) is 171 Å². The number of likely N-dealkylation sites (N-methyl/N-ethyl adjacent to an activating group) is 2. The Morgan fingerprint density at radius 2 is 1.17 bits per heavy atom. The SMILES string of the molecule is CN1Cc2c(Cl)cc(Cl)cc2[C@H](c2cccc(-c3cnnc(NCCOCCOCCNC(=O)[C@H](O)[C@@H](O)C(=O)NCCOCCOCCNc4cc(C5=CC=CC([C@@H]6CN(C)Cc7c(Cl)cc(Cl)cc76)C5)cnn4)c3)c2)C1. The molecule has 6 N–H and O–H groups in total. The van der Waals surface area contributed by atoms with Crippen molar-refractivity contribution in [1.82, 2.24) is 40.8 Å². The van der Waals surface area contributed by atoms with Crippen molar-refractivity contribution in [3.8, 4) is 11.1 Å². The van der Waals surface area contributed by atoms with Crippen molar-refractivity contribution in [3.05, 3.63) is 145 Å². The van der Waals surface area contributed by atoms with Gasteiger partial charge < -0.3 is 60.2 Å². The molecule has 8 rings (SSSR count).